The molecule has 1 aliphatic heterocycles. The molecule has 0 saturated carbocycles. The van der Waals surface area contributed by atoms with E-state index in [1.54, 1.807) is 0 Å². The van der Waals surface area contributed by atoms with Crippen molar-refractivity contribution in [3.8, 4) is 11.4 Å². The van der Waals surface area contributed by atoms with Gasteiger partial charge in [0.05, 0.1) is 0 Å². The van der Waals surface area contributed by atoms with Gasteiger partial charge in [0, 0.05) is 36.3 Å². The molecule has 8 heteroatoms. The Balaban J connectivity index is 1.57. The highest BCUT2D eigenvalue weighted by Crippen LogP contribution is 2.20. The fraction of sp³-hybridized carbons (Fsp3) is 0.550. The Morgan fingerprint density at radius 2 is 2.14 bits per heavy atom. The summed E-state index contributed by atoms with van der Waals surface area (Å²) in [6.45, 7) is 8.89. The van der Waals surface area contributed by atoms with Crippen LogP contribution in [0.5, 0.6) is 0 Å². The molecule has 0 radical (unpaired) electrons. The second kappa shape index (κ2) is 10.4. The van der Waals surface area contributed by atoms with Crippen molar-refractivity contribution < 1.29 is 4.52 Å². The number of nitrogens with one attached hydrogen (secondary N) is 2. The number of benzene rings is 1. The Kier molecular flexibility index (Phi) is 7.68. The molecule has 0 amide bonds. The molecular formula is C20H29ClN6O. The van der Waals surface area contributed by atoms with Crippen molar-refractivity contribution in [2.75, 3.05) is 26.2 Å². The van der Waals surface area contributed by atoms with Crippen molar-refractivity contribution in [1.82, 2.24) is 25.7 Å². The van der Waals surface area contributed by atoms with E-state index in [1.807, 2.05) is 24.3 Å². The minimum Gasteiger partial charge on any atom is -0.357 e. The molecular weight excluding hydrogens is 376 g/mol. The SMILES string of the molecule is CCCN1CCC(NC(=NCc2nc(-c3cccc(Cl)c3)no2)NCC)CC1. The Hall–Kier alpha value is -2.12. The molecule has 28 heavy (non-hydrogen) atoms. The minimum atomic E-state index is 0.331. The molecule has 1 aromatic heterocycles. The number of hydrogen-bond donors (Lipinski definition) is 2. The van der Waals surface area contributed by atoms with E-state index in [0.717, 1.165) is 44.0 Å². The first-order valence-electron chi connectivity index (χ1n) is 10.0. The molecule has 0 spiro atoms. The molecule has 2 aromatic rings. The van der Waals surface area contributed by atoms with Crippen LogP contribution in [-0.4, -0.2) is 53.2 Å². The Labute approximate surface area is 171 Å². The molecule has 2 heterocycles. The molecule has 0 aliphatic carbocycles. The van der Waals surface area contributed by atoms with E-state index in [-0.39, 0.29) is 0 Å². The number of guanidine groups is 1. The second-order valence-corrected chi connectivity index (χ2v) is 7.41. The zero-order valence-corrected chi connectivity index (χ0v) is 17.4. The first-order chi connectivity index (χ1) is 13.7. The zero-order valence-electron chi connectivity index (χ0n) is 16.6. The van der Waals surface area contributed by atoms with Gasteiger partial charge >= 0.3 is 0 Å². The summed E-state index contributed by atoms with van der Waals surface area (Å²) in [6.07, 6.45) is 3.47. The van der Waals surface area contributed by atoms with Gasteiger partial charge in [0.25, 0.3) is 0 Å². The summed E-state index contributed by atoms with van der Waals surface area (Å²) in [5.74, 6) is 1.79. The number of hydrogen-bond acceptors (Lipinski definition) is 5. The van der Waals surface area contributed by atoms with Gasteiger partial charge in [-0.05, 0) is 44.9 Å². The summed E-state index contributed by atoms with van der Waals surface area (Å²) >= 11 is 6.03. The predicted octanol–water partition coefficient (Wildman–Crippen LogP) is 3.32. The van der Waals surface area contributed by atoms with Gasteiger partial charge in [0.1, 0.15) is 6.54 Å². The Bertz CT molecular complexity index is 770. The molecule has 1 aliphatic rings. The Morgan fingerprint density at radius 3 is 2.86 bits per heavy atom. The number of aliphatic imine (C=N–C) groups is 1. The first kappa shape index (κ1) is 20.6. The monoisotopic (exact) mass is 404 g/mol. The van der Waals surface area contributed by atoms with E-state index in [4.69, 9.17) is 16.1 Å². The van der Waals surface area contributed by atoms with Gasteiger partial charge in [-0.1, -0.05) is 35.8 Å². The molecule has 7 nitrogen and oxygen atoms in total. The van der Waals surface area contributed by atoms with Crippen LogP contribution in [0.4, 0.5) is 0 Å². The number of likely N-dealkylation sites (tertiary alicyclic amines) is 1. The molecule has 152 valence electrons. The van der Waals surface area contributed by atoms with Crippen LogP contribution in [0.1, 0.15) is 39.0 Å². The van der Waals surface area contributed by atoms with E-state index in [9.17, 15) is 0 Å². The third-order valence-electron chi connectivity index (χ3n) is 4.74. The van der Waals surface area contributed by atoms with Crippen molar-refractivity contribution >= 4 is 17.6 Å². The maximum atomic E-state index is 6.03. The predicted molar refractivity (Wildman–Crippen MR) is 112 cm³/mol. The lowest BCUT2D eigenvalue weighted by Crippen LogP contribution is -2.48. The molecule has 1 aromatic carbocycles. The summed E-state index contributed by atoms with van der Waals surface area (Å²) < 4.78 is 5.34. The smallest absolute Gasteiger partial charge is 0.248 e. The molecule has 3 rings (SSSR count). The van der Waals surface area contributed by atoms with E-state index in [0.29, 0.717) is 29.3 Å². The lowest BCUT2D eigenvalue weighted by Gasteiger charge is -2.32. The van der Waals surface area contributed by atoms with Gasteiger partial charge < -0.3 is 20.1 Å². The molecule has 0 bridgehead atoms. The third-order valence-corrected chi connectivity index (χ3v) is 4.97. The number of halogens is 1. The molecule has 0 unspecified atom stereocenters. The maximum Gasteiger partial charge on any atom is 0.248 e. The van der Waals surface area contributed by atoms with Crippen molar-refractivity contribution in [3.05, 3.63) is 35.2 Å². The van der Waals surface area contributed by atoms with Crippen LogP contribution < -0.4 is 10.6 Å². The topological polar surface area (TPSA) is 78.6 Å². The van der Waals surface area contributed by atoms with Crippen molar-refractivity contribution in [1.29, 1.82) is 0 Å². The Morgan fingerprint density at radius 1 is 1.32 bits per heavy atom. The molecule has 1 saturated heterocycles. The van der Waals surface area contributed by atoms with E-state index < -0.39 is 0 Å². The highest BCUT2D eigenvalue weighted by Gasteiger charge is 2.19. The van der Waals surface area contributed by atoms with E-state index in [1.165, 1.54) is 13.0 Å². The first-order valence-corrected chi connectivity index (χ1v) is 10.4. The van der Waals surface area contributed by atoms with E-state index in [2.05, 4.69) is 44.5 Å². The molecule has 0 atom stereocenters. The van der Waals surface area contributed by atoms with Crippen LogP contribution in [-0.2, 0) is 6.54 Å². The van der Waals surface area contributed by atoms with E-state index >= 15 is 0 Å². The van der Waals surface area contributed by atoms with Crippen LogP contribution in [0.2, 0.25) is 5.02 Å². The van der Waals surface area contributed by atoms with Crippen molar-refractivity contribution in [2.24, 2.45) is 4.99 Å². The summed E-state index contributed by atoms with van der Waals surface area (Å²) in [5, 5.41) is 11.5. The average Bonchev–Trinajstić information content (AvgIpc) is 3.17. The van der Waals surface area contributed by atoms with Gasteiger partial charge in [-0.25, -0.2) is 4.99 Å². The zero-order chi connectivity index (χ0) is 19.8. The molecule has 2 N–H and O–H groups in total. The lowest BCUT2D eigenvalue weighted by atomic mass is 10.1. The maximum absolute atomic E-state index is 6.03. The normalized spacial score (nSPS) is 16.3. The largest absolute Gasteiger partial charge is 0.357 e. The van der Waals surface area contributed by atoms with Crippen LogP contribution in [0.25, 0.3) is 11.4 Å². The van der Waals surface area contributed by atoms with Crippen LogP contribution in [0.3, 0.4) is 0 Å². The fourth-order valence-electron chi connectivity index (χ4n) is 3.34. The van der Waals surface area contributed by atoms with Crippen molar-refractivity contribution in [2.45, 2.75) is 45.7 Å². The number of piperidine rings is 1. The van der Waals surface area contributed by atoms with Gasteiger partial charge in [-0.15, -0.1) is 0 Å². The van der Waals surface area contributed by atoms with Crippen LogP contribution in [0, 0.1) is 0 Å². The fourth-order valence-corrected chi connectivity index (χ4v) is 3.53. The van der Waals surface area contributed by atoms with Crippen LogP contribution >= 0.6 is 11.6 Å². The quantitative estimate of drug-likeness (QED) is 0.544. The van der Waals surface area contributed by atoms with Gasteiger partial charge in [-0.3, -0.25) is 0 Å². The summed E-state index contributed by atoms with van der Waals surface area (Å²) in [7, 11) is 0. The standard InChI is InChI=1S/C20H29ClN6O/c1-3-10-27-11-8-17(9-12-27)24-20(22-4-2)23-14-18-25-19(26-28-18)15-6-5-7-16(21)13-15/h5-7,13,17H,3-4,8-12,14H2,1-2H3,(H2,22,23,24). The van der Waals surface area contributed by atoms with Gasteiger partial charge in [0.15, 0.2) is 5.96 Å². The summed E-state index contributed by atoms with van der Waals surface area (Å²) in [6, 6.07) is 7.84. The van der Waals surface area contributed by atoms with Crippen LogP contribution in [0.15, 0.2) is 33.8 Å². The highest BCUT2D eigenvalue weighted by molar-refractivity contribution is 6.30. The lowest BCUT2D eigenvalue weighted by molar-refractivity contribution is 0.206. The highest BCUT2D eigenvalue weighted by atomic mass is 35.5. The third kappa shape index (κ3) is 5.94. The summed E-state index contributed by atoms with van der Waals surface area (Å²) in [5.41, 5.74) is 0.829. The molecule has 1 fully saturated rings. The number of rotatable bonds is 7. The van der Waals surface area contributed by atoms with Crippen molar-refractivity contribution in [3.63, 3.8) is 0 Å². The summed E-state index contributed by atoms with van der Waals surface area (Å²) in [4.78, 5) is 11.6. The number of aromatic nitrogens is 2. The van der Waals surface area contributed by atoms with Gasteiger partial charge in [-0.2, -0.15) is 4.98 Å². The minimum absolute atomic E-state index is 0.331. The van der Waals surface area contributed by atoms with Gasteiger partial charge in [0.2, 0.25) is 11.7 Å². The number of nitrogens with zero attached hydrogens (tertiary/aromatic N) is 4. The second-order valence-electron chi connectivity index (χ2n) is 6.98. The average molecular weight is 405 g/mol.